The van der Waals surface area contributed by atoms with Crippen LogP contribution < -0.4 is 0 Å². The zero-order valence-corrected chi connectivity index (χ0v) is 6.33. The molecule has 0 aliphatic carbocycles. The maximum absolute atomic E-state index is 10.4. The lowest BCUT2D eigenvalue weighted by atomic mass is 10.0. The molecule has 0 heterocycles. The minimum atomic E-state index is -2.08. The van der Waals surface area contributed by atoms with E-state index >= 15 is 0 Å². The summed E-state index contributed by atoms with van der Waals surface area (Å²) in [4.78, 5) is 20.8. The molecular weight excluding hydrogens is 152 g/mol. The molecule has 0 radical (unpaired) electrons. The van der Waals surface area contributed by atoms with Gasteiger partial charge < -0.3 is 14.9 Å². The van der Waals surface area contributed by atoms with Crippen LogP contribution in [0.15, 0.2) is 0 Å². The second kappa shape index (κ2) is 3.34. The van der Waals surface area contributed by atoms with E-state index in [4.69, 9.17) is 10.2 Å². The highest BCUT2D eigenvalue weighted by Crippen LogP contribution is 2.15. The number of hydrogen-bond acceptors (Lipinski definition) is 3. The molecule has 0 aromatic heterocycles. The van der Waals surface area contributed by atoms with E-state index in [1.165, 1.54) is 6.92 Å². The molecule has 0 amide bonds. The number of aliphatic carboxylic acids is 2. The minimum Gasteiger partial charge on any atom is -0.479 e. The standard InChI is InChI=1S/C6H10O5/c1-3-6(11-2,4(7)8)5(9)10/h3H2,1-2H3,(H,7,8)(H,9,10). The van der Waals surface area contributed by atoms with Crippen molar-refractivity contribution in [2.45, 2.75) is 18.9 Å². The van der Waals surface area contributed by atoms with Crippen molar-refractivity contribution in [3.63, 3.8) is 0 Å². The average molecular weight is 162 g/mol. The first-order valence-corrected chi connectivity index (χ1v) is 3.03. The van der Waals surface area contributed by atoms with Crippen LogP contribution in [-0.4, -0.2) is 34.9 Å². The smallest absolute Gasteiger partial charge is 0.347 e. The maximum Gasteiger partial charge on any atom is 0.347 e. The highest BCUT2D eigenvalue weighted by molar-refractivity contribution is 6.01. The lowest BCUT2D eigenvalue weighted by molar-refractivity contribution is -0.180. The third-order valence-electron chi connectivity index (χ3n) is 1.54. The Kier molecular flexibility index (Phi) is 3.00. The summed E-state index contributed by atoms with van der Waals surface area (Å²) in [5, 5.41) is 17.0. The van der Waals surface area contributed by atoms with Gasteiger partial charge in [0.05, 0.1) is 0 Å². The Morgan fingerprint density at radius 1 is 1.36 bits per heavy atom. The van der Waals surface area contributed by atoms with E-state index in [1.54, 1.807) is 0 Å². The van der Waals surface area contributed by atoms with Gasteiger partial charge in [0.25, 0.3) is 5.60 Å². The number of carboxylic acid groups (broad SMARTS) is 2. The number of hydrogen-bond donors (Lipinski definition) is 2. The number of carboxylic acids is 2. The molecule has 0 unspecified atom stereocenters. The van der Waals surface area contributed by atoms with Crippen LogP contribution in [0.1, 0.15) is 13.3 Å². The lowest BCUT2D eigenvalue weighted by Crippen LogP contribution is -2.47. The highest BCUT2D eigenvalue weighted by atomic mass is 16.5. The molecule has 0 aliphatic rings. The first kappa shape index (κ1) is 9.90. The van der Waals surface area contributed by atoms with Gasteiger partial charge in [0.1, 0.15) is 0 Å². The minimum absolute atomic E-state index is 0.103. The average Bonchev–Trinajstić information content (AvgIpc) is 1.90. The van der Waals surface area contributed by atoms with Gasteiger partial charge in [0.2, 0.25) is 0 Å². The summed E-state index contributed by atoms with van der Waals surface area (Å²) >= 11 is 0. The predicted octanol–water partition coefficient (Wildman–Crippen LogP) is -0.0492. The van der Waals surface area contributed by atoms with Gasteiger partial charge in [-0.25, -0.2) is 9.59 Å². The van der Waals surface area contributed by atoms with Gasteiger partial charge in [-0.2, -0.15) is 0 Å². The Bertz CT molecular complexity index is 154. The summed E-state index contributed by atoms with van der Waals surface area (Å²) in [7, 11) is 1.06. The molecule has 0 bridgehead atoms. The third kappa shape index (κ3) is 1.48. The Hall–Kier alpha value is -1.10. The Balaban J connectivity index is 4.76. The molecule has 2 N–H and O–H groups in total. The van der Waals surface area contributed by atoms with Crippen LogP contribution >= 0.6 is 0 Å². The monoisotopic (exact) mass is 162 g/mol. The summed E-state index contributed by atoms with van der Waals surface area (Å²) in [5.74, 6) is -2.95. The second-order valence-corrected chi connectivity index (χ2v) is 1.99. The van der Waals surface area contributed by atoms with Crippen LogP contribution in [-0.2, 0) is 14.3 Å². The van der Waals surface area contributed by atoms with Crippen molar-refractivity contribution < 1.29 is 24.5 Å². The Morgan fingerprint density at radius 3 is 1.73 bits per heavy atom. The third-order valence-corrected chi connectivity index (χ3v) is 1.54. The largest absolute Gasteiger partial charge is 0.479 e. The fraction of sp³-hybridized carbons (Fsp3) is 0.667. The van der Waals surface area contributed by atoms with Crippen molar-refractivity contribution in [2.75, 3.05) is 7.11 Å². The molecule has 0 saturated carbocycles. The van der Waals surface area contributed by atoms with E-state index in [0.29, 0.717) is 0 Å². The van der Waals surface area contributed by atoms with Gasteiger partial charge in [0, 0.05) is 7.11 Å². The first-order chi connectivity index (χ1) is 5.01. The van der Waals surface area contributed by atoms with Crippen molar-refractivity contribution in [2.24, 2.45) is 0 Å². The van der Waals surface area contributed by atoms with Gasteiger partial charge in [0.15, 0.2) is 0 Å². The van der Waals surface area contributed by atoms with Crippen molar-refractivity contribution in [1.29, 1.82) is 0 Å². The molecule has 0 rings (SSSR count). The van der Waals surface area contributed by atoms with E-state index in [9.17, 15) is 9.59 Å². The maximum atomic E-state index is 10.4. The zero-order valence-electron chi connectivity index (χ0n) is 6.33. The van der Waals surface area contributed by atoms with Crippen LogP contribution in [0.5, 0.6) is 0 Å². The van der Waals surface area contributed by atoms with E-state index < -0.39 is 17.5 Å². The van der Waals surface area contributed by atoms with Crippen LogP contribution in [0.25, 0.3) is 0 Å². The number of ether oxygens (including phenoxy) is 1. The summed E-state index contributed by atoms with van der Waals surface area (Å²) in [6.07, 6.45) is -0.103. The van der Waals surface area contributed by atoms with Gasteiger partial charge in [-0.15, -0.1) is 0 Å². The Labute approximate surface area is 63.6 Å². The van der Waals surface area contributed by atoms with Crippen molar-refractivity contribution in [3.05, 3.63) is 0 Å². The van der Waals surface area contributed by atoms with E-state index in [2.05, 4.69) is 4.74 Å². The molecule has 5 nitrogen and oxygen atoms in total. The number of carbonyl (C=O) groups is 2. The van der Waals surface area contributed by atoms with E-state index in [0.717, 1.165) is 7.11 Å². The molecule has 5 heteroatoms. The SMILES string of the molecule is CCC(OC)(C(=O)O)C(=O)O. The zero-order chi connectivity index (χ0) is 9.07. The van der Waals surface area contributed by atoms with Crippen LogP contribution in [0.2, 0.25) is 0 Å². The van der Waals surface area contributed by atoms with Crippen molar-refractivity contribution in [3.8, 4) is 0 Å². The molecule has 11 heavy (non-hydrogen) atoms. The lowest BCUT2D eigenvalue weighted by Gasteiger charge is -2.20. The van der Waals surface area contributed by atoms with Crippen molar-refractivity contribution >= 4 is 11.9 Å². The van der Waals surface area contributed by atoms with E-state index in [-0.39, 0.29) is 6.42 Å². The summed E-state index contributed by atoms with van der Waals surface area (Å²) in [5.41, 5.74) is -2.08. The second-order valence-electron chi connectivity index (χ2n) is 1.99. The summed E-state index contributed by atoms with van der Waals surface area (Å²) in [6, 6.07) is 0. The topological polar surface area (TPSA) is 83.8 Å². The van der Waals surface area contributed by atoms with Crippen molar-refractivity contribution in [1.82, 2.24) is 0 Å². The van der Waals surface area contributed by atoms with Gasteiger partial charge in [-0.1, -0.05) is 6.92 Å². The number of methoxy groups -OCH3 is 1. The quantitative estimate of drug-likeness (QED) is 0.566. The first-order valence-electron chi connectivity index (χ1n) is 3.03. The van der Waals surface area contributed by atoms with Crippen LogP contribution in [0.4, 0.5) is 0 Å². The normalized spacial score (nSPS) is 11.1. The fourth-order valence-corrected chi connectivity index (χ4v) is 0.713. The molecule has 0 fully saturated rings. The molecule has 0 aliphatic heterocycles. The Morgan fingerprint density at radius 2 is 1.73 bits per heavy atom. The molecule has 64 valence electrons. The van der Waals surface area contributed by atoms with Crippen LogP contribution in [0, 0.1) is 0 Å². The summed E-state index contributed by atoms with van der Waals surface area (Å²) < 4.78 is 4.41. The van der Waals surface area contributed by atoms with Gasteiger partial charge in [-0.3, -0.25) is 0 Å². The molecule has 0 atom stereocenters. The van der Waals surface area contributed by atoms with E-state index in [1.807, 2.05) is 0 Å². The number of rotatable bonds is 4. The van der Waals surface area contributed by atoms with Crippen LogP contribution in [0.3, 0.4) is 0 Å². The molecule has 0 saturated heterocycles. The fourth-order valence-electron chi connectivity index (χ4n) is 0.713. The molecule has 0 aromatic carbocycles. The predicted molar refractivity (Wildman–Crippen MR) is 35.3 cm³/mol. The molecule has 0 spiro atoms. The highest BCUT2D eigenvalue weighted by Gasteiger charge is 2.45. The molecular formula is C6H10O5. The van der Waals surface area contributed by atoms with Gasteiger partial charge in [-0.05, 0) is 6.42 Å². The van der Waals surface area contributed by atoms with Gasteiger partial charge >= 0.3 is 11.9 Å². The molecule has 0 aromatic rings. The summed E-state index contributed by atoms with van der Waals surface area (Å²) in [6.45, 7) is 1.44.